The van der Waals surface area contributed by atoms with Crippen LogP contribution in [0.4, 0.5) is 5.69 Å². The van der Waals surface area contributed by atoms with Gasteiger partial charge in [-0.3, -0.25) is 10.1 Å². The highest BCUT2D eigenvalue weighted by molar-refractivity contribution is 8.01. The highest BCUT2D eigenvalue weighted by Crippen LogP contribution is 2.53. The molecule has 0 radical (unpaired) electrons. The van der Waals surface area contributed by atoms with E-state index in [-0.39, 0.29) is 15.4 Å². The molecule has 4 nitrogen and oxygen atoms in total. The molecule has 0 atom stereocenters. The number of ether oxygens (including phenoxy) is 1. The Hall–Kier alpha value is -1.07. The molecule has 2 aliphatic rings. The van der Waals surface area contributed by atoms with Gasteiger partial charge < -0.3 is 4.74 Å². The first-order valence-electron chi connectivity index (χ1n) is 5.73. The molecule has 90 valence electrons. The molecule has 0 bridgehead atoms. The van der Waals surface area contributed by atoms with Gasteiger partial charge in [0.15, 0.2) is 0 Å². The second-order valence-electron chi connectivity index (χ2n) is 4.60. The first-order valence-corrected chi connectivity index (χ1v) is 6.55. The molecule has 1 spiro atoms. The van der Waals surface area contributed by atoms with Gasteiger partial charge in [0, 0.05) is 24.0 Å². The van der Waals surface area contributed by atoms with Gasteiger partial charge in [0.25, 0.3) is 5.69 Å². The Balaban J connectivity index is 1.97. The summed E-state index contributed by atoms with van der Waals surface area (Å²) in [7, 11) is 0. The summed E-state index contributed by atoms with van der Waals surface area (Å²) in [6.45, 7) is 1.55. The fourth-order valence-corrected chi connectivity index (χ4v) is 4.14. The van der Waals surface area contributed by atoms with E-state index in [2.05, 4.69) is 0 Å². The molecule has 0 amide bonds. The lowest BCUT2D eigenvalue weighted by Gasteiger charge is -2.31. The quantitative estimate of drug-likeness (QED) is 0.569. The molecular weight excluding hydrogens is 238 g/mol. The Bertz CT molecular complexity index is 469. The minimum Gasteiger partial charge on any atom is -0.381 e. The van der Waals surface area contributed by atoms with Gasteiger partial charge in [-0.15, -0.1) is 11.8 Å². The predicted molar refractivity (Wildman–Crippen MR) is 65.4 cm³/mol. The average molecular weight is 251 g/mol. The standard InChI is InChI=1S/C12H13NO3S/c14-13(15)10-3-1-2-9-8-12(17-11(9)10)4-6-16-7-5-12/h1-3H,4-8H2. The number of rotatable bonds is 1. The second-order valence-corrected chi connectivity index (χ2v) is 6.08. The molecule has 0 unspecified atom stereocenters. The van der Waals surface area contributed by atoms with Crippen LogP contribution in [0, 0.1) is 10.1 Å². The van der Waals surface area contributed by atoms with Crippen LogP contribution < -0.4 is 0 Å². The number of nitro groups is 1. The molecule has 2 heterocycles. The summed E-state index contributed by atoms with van der Waals surface area (Å²) < 4.78 is 5.53. The molecule has 0 saturated carbocycles. The van der Waals surface area contributed by atoms with E-state index in [0.29, 0.717) is 0 Å². The molecule has 1 aromatic carbocycles. The highest BCUT2D eigenvalue weighted by Gasteiger charge is 2.42. The molecule has 17 heavy (non-hydrogen) atoms. The molecular formula is C12H13NO3S. The fraction of sp³-hybridized carbons (Fsp3) is 0.500. The minimum absolute atomic E-state index is 0.146. The summed E-state index contributed by atoms with van der Waals surface area (Å²) in [4.78, 5) is 11.6. The number of fused-ring (bicyclic) bond motifs is 1. The van der Waals surface area contributed by atoms with Crippen molar-refractivity contribution in [2.75, 3.05) is 13.2 Å². The van der Waals surface area contributed by atoms with E-state index in [4.69, 9.17) is 4.74 Å². The van der Waals surface area contributed by atoms with Crippen LogP contribution in [-0.4, -0.2) is 22.9 Å². The van der Waals surface area contributed by atoms with E-state index in [1.54, 1.807) is 23.9 Å². The van der Waals surface area contributed by atoms with Gasteiger partial charge in [0.05, 0.1) is 9.82 Å². The van der Waals surface area contributed by atoms with Gasteiger partial charge in [0.2, 0.25) is 0 Å². The maximum atomic E-state index is 11.0. The molecule has 1 saturated heterocycles. The maximum absolute atomic E-state index is 11.0. The average Bonchev–Trinajstić information content (AvgIpc) is 2.66. The summed E-state index contributed by atoms with van der Waals surface area (Å²) in [6.07, 6.45) is 2.92. The maximum Gasteiger partial charge on any atom is 0.283 e. The third-order valence-electron chi connectivity index (χ3n) is 3.51. The van der Waals surface area contributed by atoms with Crippen LogP contribution >= 0.6 is 11.8 Å². The summed E-state index contributed by atoms with van der Waals surface area (Å²) in [5, 5.41) is 11.0. The van der Waals surface area contributed by atoms with Crippen LogP contribution in [-0.2, 0) is 11.2 Å². The van der Waals surface area contributed by atoms with Crippen molar-refractivity contribution in [2.24, 2.45) is 0 Å². The zero-order valence-electron chi connectivity index (χ0n) is 9.35. The fourth-order valence-electron chi connectivity index (χ4n) is 2.59. The Labute approximate surface area is 103 Å². The minimum atomic E-state index is -0.274. The largest absolute Gasteiger partial charge is 0.381 e. The molecule has 0 aliphatic carbocycles. The van der Waals surface area contributed by atoms with Crippen molar-refractivity contribution in [3.05, 3.63) is 33.9 Å². The number of nitro benzene ring substituents is 1. The number of nitrogens with zero attached hydrogens (tertiary/aromatic N) is 1. The number of hydrogen-bond donors (Lipinski definition) is 0. The lowest BCUT2D eigenvalue weighted by atomic mass is 9.92. The highest BCUT2D eigenvalue weighted by atomic mass is 32.2. The Morgan fingerprint density at radius 3 is 2.82 bits per heavy atom. The number of thioether (sulfide) groups is 1. The van der Waals surface area contributed by atoms with Gasteiger partial charge in [-0.2, -0.15) is 0 Å². The summed E-state index contributed by atoms with van der Waals surface area (Å²) >= 11 is 1.69. The van der Waals surface area contributed by atoms with Crippen molar-refractivity contribution in [1.82, 2.24) is 0 Å². The predicted octanol–water partition coefficient (Wildman–Crippen LogP) is 2.79. The van der Waals surface area contributed by atoms with Crippen molar-refractivity contribution in [3.8, 4) is 0 Å². The Morgan fingerprint density at radius 2 is 2.12 bits per heavy atom. The molecule has 0 N–H and O–H groups in total. The van der Waals surface area contributed by atoms with Crippen molar-refractivity contribution >= 4 is 17.4 Å². The van der Waals surface area contributed by atoms with Gasteiger partial charge in [0.1, 0.15) is 0 Å². The number of benzene rings is 1. The van der Waals surface area contributed by atoms with Gasteiger partial charge in [-0.05, 0) is 24.8 Å². The third-order valence-corrected chi connectivity index (χ3v) is 5.17. The van der Waals surface area contributed by atoms with Crippen LogP contribution in [0.1, 0.15) is 18.4 Å². The SMILES string of the molecule is O=[N+]([O-])c1cccc2c1SC1(CCOCC1)C2. The van der Waals surface area contributed by atoms with E-state index >= 15 is 0 Å². The van der Waals surface area contributed by atoms with Crippen molar-refractivity contribution in [1.29, 1.82) is 0 Å². The van der Waals surface area contributed by atoms with E-state index in [9.17, 15) is 10.1 Å². The third kappa shape index (κ3) is 1.83. The first kappa shape index (κ1) is 11.0. The van der Waals surface area contributed by atoms with Crippen molar-refractivity contribution < 1.29 is 9.66 Å². The van der Waals surface area contributed by atoms with Crippen LogP contribution in [0.15, 0.2) is 23.1 Å². The molecule has 1 aromatic rings. The second kappa shape index (κ2) is 3.99. The molecule has 1 fully saturated rings. The van der Waals surface area contributed by atoms with Crippen LogP contribution in [0.5, 0.6) is 0 Å². The van der Waals surface area contributed by atoms with Gasteiger partial charge >= 0.3 is 0 Å². The monoisotopic (exact) mass is 251 g/mol. The zero-order valence-corrected chi connectivity index (χ0v) is 10.2. The molecule has 0 aromatic heterocycles. The lowest BCUT2D eigenvalue weighted by Crippen LogP contribution is -2.32. The molecule has 5 heteroatoms. The van der Waals surface area contributed by atoms with E-state index in [0.717, 1.165) is 42.9 Å². The van der Waals surface area contributed by atoms with Gasteiger partial charge in [-0.25, -0.2) is 0 Å². The Kier molecular flexibility index (Phi) is 2.60. The topological polar surface area (TPSA) is 52.4 Å². The summed E-state index contributed by atoms with van der Waals surface area (Å²) in [5.41, 5.74) is 1.39. The van der Waals surface area contributed by atoms with E-state index in [1.165, 1.54) is 0 Å². The number of hydrogen-bond acceptors (Lipinski definition) is 4. The van der Waals surface area contributed by atoms with E-state index in [1.807, 2.05) is 6.07 Å². The van der Waals surface area contributed by atoms with Gasteiger partial charge in [-0.1, -0.05) is 12.1 Å². The lowest BCUT2D eigenvalue weighted by molar-refractivity contribution is -0.387. The summed E-state index contributed by atoms with van der Waals surface area (Å²) in [6, 6.07) is 5.40. The van der Waals surface area contributed by atoms with Crippen molar-refractivity contribution in [2.45, 2.75) is 28.9 Å². The normalized spacial score (nSPS) is 21.4. The molecule has 3 rings (SSSR count). The van der Waals surface area contributed by atoms with E-state index < -0.39 is 0 Å². The van der Waals surface area contributed by atoms with Crippen LogP contribution in [0.3, 0.4) is 0 Å². The smallest absolute Gasteiger partial charge is 0.283 e. The van der Waals surface area contributed by atoms with Crippen molar-refractivity contribution in [3.63, 3.8) is 0 Å². The van der Waals surface area contributed by atoms with Crippen LogP contribution in [0.25, 0.3) is 0 Å². The van der Waals surface area contributed by atoms with Crippen LogP contribution in [0.2, 0.25) is 0 Å². The Morgan fingerprint density at radius 1 is 1.35 bits per heavy atom. The first-order chi connectivity index (χ1) is 8.20. The molecule has 2 aliphatic heterocycles. The summed E-state index contributed by atoms with van der Waals surface area (Å²) in [5.74, 6) is 0. The zero-order chi connectivity index (χ0) is 11.9.